The monoisotopic (exact) mass is 340 g/mol. The Hall–Kier alpha value is -1.60. The van der Waals surface area contributed by atoms with Gasteiger partial charge in [-0.25, -0.2) is 4.72 Å². The van der Waals surface area contributed by atoms with Gasteiger partial charge in [-0.2, -0.15) is 12.7 Å². The highest BCUT2D eigenvalue weighted by Crippen LogP contribution is 2.28. The number of piperidine rings is 1. The zero-order chi connectivity index (χ0) is 16.9. The normalized spacial score (nSPS) is 17.5. The topological polar surface area (TPSA) is 75.7 Å². The van der Waals surface area contributed by atoms with Gasteiger partial charge in [0.15, 0.2) is 0 Å². The first-order valence-corrected chi connectivity index (χ1v) is 9.31. The van der Waals surface area contributed by atoms with Gasteiger partial charge in [0.1, 0.15) is 5.75 Å². The molecular formula is C16H24N2O4S. The number of carbonyl (C=O) groups is 1. The van der Waals surface area contributed by atoms with Gasteiger partial charge in [-0.15, -0.1) is 0 Å². The van der Waals surface area contributed by atoms with Gasteiger partial charge in [-0.3, -0.25) is 4.79 Å². The van der Waals surface area contributed by atoms with Crippen molar-refractivity contribution in [2.75, 3.05) is 20.2 Å². The number of carbonyl (C=O) groups excluding carboxylic acids is 1. The molecule has 2 rings (SSSR count). The fourth-order valence-corrected chi connectivity index (χ4v) is 4.06. The molecule has 1 saturated heterocycles. The summed E-state index contributed by atoms with van der Waals surface area (Å²) in [5, 5.41) is 0. The fourth-order valence-electron chi connectivity index (χ4n) is 2.82. The Morgan fingerprint density at radius 2 is 1.91 bits per heavy atom. The van der Waals surface area contributed by atoms with Gasteiger partial charge in [0.2, 0.25) is 5.91 Å². The molecule has 1 aromatic carbocycles. The van der Waals surface area contributed by atoms with E-state index in [0.717, 1.165) is 24.8 Å². The van der Waals surface area contributed by atoms with Crippen LogP contribution in [0.4, 0.5) is 0 Å². The minimum absolute atomic E-state index is 0.0907. The Morgan fingerprint density at radius 1 is 1.26 bits per heavy atom. The summed E-state index contributed by atoms with van der Waals surface area (Å²) in [6.07, 6.45) is 2.80. The third-order valence-corrected chi connectivity index (χ3v) is 5.59. The van der Waals surface area contributed by atoms with Crippen molar-refractivity contribution >= 4 is 16.1 Å². The Kier molecular flexibility index (Phi) is 6.01. The SMILES string of the molecule is COc1ccccc1C(C)CC(=O)NS(=O)(=O)N1CCCCC1. The third-order valence-electron chi connectivity index (χ3n) is 4.06. The van der Waals surface area contributed by atoms with E-state index < -0.39 is 16.1 Å². The van der Waals surface area contributed by atoms with Crippen LogP contribution < -0.4 is 9.46 Å². The molecule has 128 valence electrons. The molecule has 7 heteroatoms. The molecule has 0 saturated carbocycles. The second-order valence-electron chi connectivity index (χ2n) is 5.84. The van der Waals surface area contributed by atoms with E-state index in [1.165, 1.54) is 4.31 Å². The van der Waals surface area contributed by atoms with E-state index in [1.54, 1.807) is 7.11 Å². The van der Waals surface area contributed by atoms with Crippen molar-refractivity contribution in [1.29, 1.82) is 0 Å². The molecule has 1 atom stereocenters. The first kappa shape index (κ1) is 17.7. The van der Waals surface area contributed by atoms with Crippen LogP contribution in [0, 0.1) is 0 Å². The van der Waals surface area contributed by atoms with Crippen molar-refractivity contribution in [3.05, 3.63) is 29.8 Å². The van der Waals surface area contributed by atoms with Crippen molar-refractivity contribution in [2.45, 2.75) is 38.5 Å². The minimum atomic E-state index is -3.72. The maximum Gasteiger partial charge on any atom is 0.303 e. The Labute approximate surface area is 138 Å². The van der Waals surface area contributed by atoms with Gasteiger partial charge in [0, 0.05) is 19.5 Å². The van der Waals surface area contributed by atoms with Gasteiger partial charge in [0.05, 0.1) is 7.11 Å². The molecule has 1 aliphatic heterocycles. The average Bonchev–Trinajstić information content (AvgIpc) is 2.55. The highest BCUT2D eigenvalue weighted by Gasteiger charge is 2.26. The second-order valence-corrected chi connectivity index (χ2v) is 7.51. The number of hydrogen-bond acceptors (Lipinski definition) is 4. The summed E-state index contributed by atoms with van der Waals surface area (Å²) in [5.74, 6) is 0.0726. The number of hydrogen-bond donors (Lipinski definition) is 1. The molecule has 1 aliphatic rings. The molecule has 1 N–H and O–H groups in total. The van der Waals surface area contributed by atoms with E-state index in [-0.39, 0.29) is 12.3 Å². The molecule has 0 aliphatic carbocycles. The van der Waals surface area contributed by atoms with Gasteiger partial charge in [0.25, 0.3) is 0 Å². The quantitative estimate of drug-likeness (QED) is 0.860. The number of para-hydroxylation sites is 1. The highest BCUT2D eigenvalue weighted by atomic mass is 32.2. The zero-order valence-electron chi connectivity index (χ0n) is 13.6. The van der Waals surface area contributed by atoms with Crippen LogP contribution in [0.3, 0.4) is 0 Å². The highest BCUT2D eigenvalue weighted by molar-refractivity contribution is 7.87. The lowest BCUT2D eigenvalue weighted by atomic mass is 9.97. The van der Waals surface area contributed by atoms with Crippen molar-refractivity contribution in [3.8, 4) is 5.75 Å². The van der Waals surface area contributed by atoms with E-state index in [2.05, 4.69) is 4.72 Å². The summed E-state index contributed by atoms with van der Waals surface area (Å²) in [6.45, 7) is 2.83. The smallest absolute Gasteiger partial charge is 0.303 e. The maximum atomic E-state index is 12.2. The lowest BCUT2D eigenvalue weighted by molar-refractivity contribution is -0.119. The van der Waals surface area contributed by atoms with E-state index in [0.29, 0.717) is 18.8 Å². The molecule has 1 heterocycles. The van der Waals surface area contributed by atoms with E-state index in [9.17, 15) is 13.2 Å². The molecule has 0 spiro atoms. The largest absolute Gasteiger partial charge is 0.496 e. The van der Waals surface area contributed by atoms with Gasteiger partial charge in [-0.1, -0.05) is 31.5 Å². The van der Waals surface area contributed by atoms with Crippen LogP contribution in [-0.2, 0) is 15.0 Å². The molecule has 1 unspecified atom stereocenters. The number of nitrogens with one attached hydrogen (secondary N) is 1. The predicted octanol–water partition coefficient (Wildman–Crippen LogP) is 2.04. The standard InChI is InChI=1S/C16H24N2O4S/c1-13(14-8-4-5-9-15(14)22-2)12-16(19)17-23(20,21)18-10-6-3-7-11-18/h4-5,8-9,13H,3,6-7,10-12H2,1-2H3,(H,17,19). The van der Waals surface area contributed by atoms with Crippen molar-refractivity contribution < 1.29 is 17.9 Å². The summed E-state index contributed by atoms with van der Waals surface area (Å²) in [7, 11) is -2.15. The zero-order valence-corrected chi connectivity index (χ0v) is 14.4. The minimum Gasteiger partial charge on any atom is -0.496 e. The molecular weight excluding hydrogens is 316 g/mol. The van der Waals surface area contributed by atoms with Crippen LogP contribution in [0.25, 0.3) is 0 Å². The first-order valence-electron chi connectivity index (χ1n) is 7.87. The van der Waals surface area contributed by atoms with Crippen LogP contribution in [0.1, 0.15) is 44.1 Å². The molecule has 0 radical (unpaired) electrons. The second kappa shape index (κ2) is 7.79. The van der Waals surface area contributed by atoms with Gasteiger partial charge < -0.3 is 4.74 Å². The fraction of sp³-hybridized carbons (Fsp3) is 0.562. The van der Waals surface area contributed by atoms with Crippen molar-refractivity contribution in [1.82, 2.24) is 9.03 Å². The van der Waals surface area contributed by atoms with Crippen LogP contribution in [0.15, 0.2) is 24.3 Å². The Morgan fingerprint density at radius 3 is 2.57 bits per heavy atom. The van der Waals surface area contributed by atoms with Crippen LogP contribution >= 0.6 is 0 Å². The van der Waals surface area contributed by atoms with E-state index in [4.69, 9.17) is 4.74 Å². The van der Waals surface area contributed by atoms with E-state index >= 15 is 0 Å². The van der Waals surface area contributed by atoms with Crippen LogP contribution in [-0.4, -0.2) is 38.8 Å². The number of nitrogens with zero attached hydrogens (tertiary/aromatic N) is 1. The van der Waals surface area contributed by atoms with Crippen LogP contribution in [0.2, 0.25) is 0 Å². The Balaban J connectivity index is 1.98. The molecule has 0 aromatic heterocycles. The lowest BCUT2D eigenvalue weighted by Gasteiger charge is -2.26. The Bertz CT molecular complexity index is 639. The number of methoxy groups -OCH3 is 1. The summed E-state index contributed by atoms with van der Waals surface area (Å²) >= 11 is 0. The van der Waals surface area contributed by atoms with E-state index in [1.807, 2.05) is 31.2 Å². The number of amides is 1. The lowest BCUT2D eigenvalue weighted by Crippen LogP contribution is -2.45. The predicted molar refractivity (Wildman–Crippen MR) is 88.5 cm³/mol. The average molecular weight is 340 g/mol. The molecule has 6 nitrogen and oxygen atoms in total. The number of ether oxygens (including phenoxy) is 1. The molecule has 1 amide bonds. The van der Waals surface area contributed by atoms with Crippen LogP contribution in [0.5, 0.6) is 5.75 Å². The number of rotatable bonds is 6. The first-order chi connectivity index (χ1) is 10.9. The summed E-state index contributed by atoms with van der Waals surface area (Å²) in [4.78, 5) is 12.1. The summed E-state index contributed by atoms with van der Waals surface area (Å²) in [6, 6.07) is 7.44. The molecule has 23 heavy (non-hydrogen) atoms. The summed E-state index contributed by atoms with van der Waals surface area (Å²) in [5.41, 5.74) is 0.889. The maximum absolute atomic E-state index is 12.2. The molecule has 1 fully saturated rings. The molecule has 1 aromatic rings. The summed E-state index contributed by atoms with van der Waals surface area (Å²) < 4.78 is 33.2. The molecule has 0 bridgehead atoms. The van der Waals surface area contributed by atoms with Crippen molar-refractivity contribution in [3.63, 3.8) is 0 Å². The van der Waals surface area contributed by atoms with Gasteiger partial charge >= 0.3 is 10.2 Å². The number of benzene rings is 1. The van der Waals surface area contributed by atoms with Crippen molar-refractivity contribution in [2.24, 2.45) is 0 Å². The third kappa shape index (κ3) is 4.68. The van der Waals surface area contributed by atoms with Gasteiger partial charge in [-0.05, 0) is 30.4 Å².